The van der Waals surface area contributed by atoms with Crippen LogP contribution in [-0.2, 0) is 9.59 Å². The van der Waals surface area contributed by atoms with E-state index in [0.717, 1.165) is 27.9 Å². The molecular weight excluding hydrogens is 392 g/mol. The molecule has 3 aromatic rings. The van der Waals surface area contributed by atoms with Gasteiger partial charge in [-0.1, -0.05) is 44.2 Å². The van der Waals surface area contributed by atoms with Crippen molar-refractivity contribution in [2.24, 2.45) is 5.10 Å². The zero-order valence-corrected chi connectivity index (χ0v) is 17.5. The average Bonchev–Trinajstić information content (AvgIpc) is 3.23. The molecule has 0 aliphatic carbocycles. The van der Waals surface area contributed by atoms with Crippen molar-refractivity contribution in [3.63, 3.8) is 0 Å². The Morgan fingerprint density at radius 2 is 1.74 bits per heavy atom. The lowest BCUT2D eigenvalue weighted by molar-refractivity contribution is -0.141. The van der Waals surface area contributed by atoms with Crippen LogP contribution in [0.2, 0.25) is 0 Å². The third kappa shape index (κ3) is 4.45. The molecule has 1 N–H and O–H groups in total. The van der Waals surface area contributed by atoms with Gasteiger partial charge in [-0.2, -0.15) is 5.10 Å². The maximum absolute atomic E-state index is 12.8. The quantitative estimate of drug-likeness (QED) is 0.646. The molecule has 4 rings (SSSR count). The first-order chi connectivity index (χ1) is 14.9. The number of aromatic nitrogens is 2. The summed E-state index contributed by atoms with van der Waals surface area (Å²) < 4.78 is 0. The van der Waals surface area contributed by atoms with Gasteiger partial charge < -0.3 is 5.11 Å². The molecule has 1 atom stereocenters. The number of benzene rings is 2. The molecule has 2 aromatic carbocycles. The lowest BCUT2D eigenvalue weighted by atomic mass is 9.96. The number of amides is 1. The van der Waals surface area contributed by atoms with Gasteiger partial charge in [0.25, 0.3) is 0 Å². The number of aliphatic carboxylic acids is 1. The summed E-state index contributed by atoms with van der Waals surface area (Å²) in [5, 5.41) is 15.0. The molecule has 158 valence electrons. The fourth-order valence-corrected chi connectivity index (χ4v) is 3.75. The Morgan fingerprint density at radius 1 is 1.03 bits per heavy atom. The Morgan fingerprint density at radius 3 is 2.42 bits per heavy atom. The van der Waals surface area contributed by atoms with Gasteiger partial charge in [-0.3, -0.25) is 19.6 Å². The maximum atomic E-state index is 12.8. The van der Waals surface area contributed by atoms with Gasteiger partial charge in [0.2, 0.25) is 5.91 Å². The van der Waals surface area contributed by atoms with E-state index in [1.54, 1.807) is 12.4 Å². The normalized spacial score (nSPS) is 16.0. The second kappa shape index (κ2) is 8.63. The van der Waals surface area contributed by atoms with Gasteiger partial charge in [0.1, 0.15) is 0 Å². The largest absolute Gasteiger partial charge is 0.481 e. The predicted molar refractivity (Wildman–Crippen MR) is 118 cm³/mol. The van der Waals surface area contributed by atoms with E-state index in [1.165, 1.54) is 10.6 Å². The van der Waals surface area contributed by atoms with Crippen LogP contribution in [0, 0.1) is 0 Å². The van der Waals surface area contributed by atoms with Crippen molar-refractivity contribution in [3.05, 3.63) is 71.5 Å². The van der Waals surface area contributed by atoms with Gasteiger partial charge in [-0.25, -0.2) is 5.01 Å². The number of carboxylic acid groups (broad SMARTS) is 1. The minimum Gasteiger partial charge on any atom is -0.481 e. The van der Waals surface area contributed by atoms with E-state index in [9.17, 15) is 9.59 Å². The van der Waals surface area contributed by atoms with Crippen LogP contribution in [0.1, 0.15) is 61.8 Å². The molecule has 7 heteroatoms. The van der Waals surface area contributed by atoms with Crippen LogP contribution in [0.15, 0.2) is 60.0 Å². The summed E-state index contributed by atoms with van der Waals surface area (Å²) in [7, 11) is 0. The maximum Gasteiger partial charge on any atom is 0.303 e. The molecule has 0 saturated carbocycles. The number of fused-ring (bicyclic) bond motifs is 1. The van der Waals surface area contributed by atoms with E-state index in [4.69, 9.17) is 5.11 Å². The molecule has 31 heavy (non-hydrogen) atoms. The highest BCUT2D eigenvalue weighted by Crippen LogP contribution is 2.34. The second-order valence-corrected chi connectivity index (χ2v) is 7.98. The molecule has 0 fully saturated rings. The SMILES string of the molecule is CC(C)c1ccc(C2=NN(C(=O)CCC(=O)O)C(c3ccc4nccnc4c3)C2)cc1. The van der Waals surface area contributed by atoms with Gasteiger partial charge in [0.05, 0.1) is 29.2 Å². The highest BCUT2D eigenvalue weighted by molar-refractivity contribution is 6.03. The van der Waals surface area contributed by atoms with E-state index >= 15 is 0 Å². The third-order valence-corrected chi connectivity index (χ3v) is 5.51. The summed E-state index contributed by atoms with van der Waals surface area (Å²) in [5.74, 6) is -0.876. The molecule has 0 bridgehead atoms. The van der Waals surface area contributed by atoms with Gasteiger partial charge >= 0.3 is 5.97 Å². The molecule has 1 amide bonds. The number of carbonyl (C=O) groups excluding carboxylic acids is 1. The lowest BCUT2D eigenvalue weighted by Crippen LogP contribution is -2.27. The van der Waals surface area contributed by atoms with Crippen molar-refractivity contribution < 1.29 is 14.7 Å². The molecule has 1 aliphatic heterocycles. The Hall–Kier alpha value is -3.61. The topological polar surface area (TPSA) is 95.8 Å². The minimum absolute atomic E-state index is 0.0950. The zero-order valence-electron chi connectivity index (χ0n) is 17.5. The van der Waals surface area contributed by atoms with Gasteiger partial charge in [0, 0.05) is 25.2 Å². The summed E-state index contributed by atoms with van der Waals surface area (Å²) in [6.45, 7) is 4.28. The highest BCUT2D eigenvalue weighted by atomic mass is 16.4. The van der Waals surface area contributed by atoms with E-state index in [2.05, 4.69) is 41.0 Å². The van der Waals surface area contributed by atoms with E-state index in [1.807, 2.05) is 30.3 Å². The first kappa shape index (κ1) is 20.7. The second-order valence-electron chi connectivity index (χ2n) is 7.98. The number of hydrogen-bond donors (Lipinski definition) is 1. The van der Waals surface area contributed by atoms with Gasteiger partial charge in [-0.05, 0) is 34.7 Å². The van der Waals surface area contributed by atoms with Crippen LogP contribution < -0.4 is 0 Å². The molecule has 0 spiro atoms. The monoisotopic (exact) mass is 416 g/mol. The van der Waals surface area contributed by atoms with Gasteiger partial charge in [0.15, 0.2) is 0 Å². The number of rotatable bonds is 6. The molecule has 1 aromatic heterocycles. The summed E-state index contributed by atoms with van der Waals surface area (Å²) in [5.41, 5.74) is 5.42. The number of hydrogen-bond acceptors (Lipinski definition) is 5. The van der Waals surface area contributed by atoms with Crippen molar-refractivity contribution >= 4 is 28.6 Å². The molecule has 1 aliphatic rings. The van der Waals surface area contributed by atoms with Crippen LogP contribution in [0.4, 0.5) is 0 Å². The van der Waals surface area contributed by atoms with Crippen molar-refractivity contribution in [2.75, 3.05) is 0 Å². The van der Waals surface area contributed by atoms with Gasteiger partial charge in [-0.15, -0.1) is 0 Å². The van der Waals surface area contributed by atoms with E-state index in [-0.39, 0.29) is 24.8 Å². The molecule has 0 radical (unpaired) electrons. The van der Waals surface area contributed by atoms with Crippen molar-refractivity contribution in [1.29, 1.82) is 0 Å². The van der Waals surface area contributed by atoms with E-state index < -0.39 is 5.97 Å². The first-order valence-corrected chi connectivity index (χ1v) is 10.3. The van der Waals surface area contributed by atoms with Crippen LogP contribution >= 0.6 is 0 Å². The van der Waals surface area contributed by atoms with Crippen LogP contribution in [-0.4, -0.2) is 37.7 Å². The van der Waals surface area contributed by atoms with Crippen LogP contribution in [0.5, 0.6) is 0 Å². The first-order valence-electron chi connectivity index (χ1n) is 10.3. The standard InChI is InChI=1S/C24H24N4O3/c1-15(2)16-3-5-17(6-4-16)20-14-22(28(27-20)23(29)9-10-24(30)31)18-7-8-19-21(13-18)26-12-11-25-19/h3-8,11-13,15,22H,9-10,14H2,1-2H3,(H,30,31). The Kier molecular flexibility index (Phi) is 5.75. The fourth-order valence-electron chi connectivity index (χ4n) is 3.75. The number of nitrogens with zero attached hydrogens (tertiary/aromatic N) is 4. The van der Waals surface area contributed by atoms with E-state index in [0.29, 0.717) is 12.3 Å². The third-order valence-electron chi connectivity index (χ3n) is 5.51. The highest BCUT2D eigenvalue weighted by Gasteiger charge is 2.33. The predicted octanol–water partition coefficient (Wildman–Crippen LogP) is 4.30. The summed E-state index contributed by atoms with van der Waals surface area (Å²) in [6, 6.07) is 13.6. The Balaban J connectivity index is 1.67. The smallest absolute Gasteiger partial charge is 0.303 e. The van der Waals surface area contributed by atoms with Crippen LogP contribution in [0.3, 0.4) is 0 Å². The number of carbonyl (C=O) groups is 2. The molecular formula is C24H24N4O3. The summed E-state index contributed by atoms with van der Waals surface area (Å²) >= 11 is 0. The summed E-state index contributed by atoms with van der Waals surface area (Å²) in [4.78, 5) is 32.5. The zero-order chi connectivity index (χ0) is 22.0. The average molecular weight is 416 g/mol. The van der Waals surface area contributed by atoms with Crippen LogP contribution in [0.25, 0.3) is 11.0 Å². The molecule has 1 unspecified atom stereocenters. The Bertz CT molecular complexity index is 1150. The number of carboxylic acids is 1. The molecule has 0 saturated heterocycles. The van der Waals surface area contributed by atoms with Crippen molar-refractivity contribution in [3.8, 4) is 0 Å². The fraction of sp³-hybridized carbons (Fsp3) is 0.292. The molecule has 2 heterocycles. The van der Waals surface area contributed by atoms with Crippen molar-refractivity contribution in [1.82, 2.24) is 15.0 Å². The Labute approximate surface area is 180 Å². The minimum atomic E-state index is -1.00. The number of hydrazone groups is 1. The summed E-state index contributed by atoms with van der Waals surface area (Å²) in [6.07, 6.45) is 3.50. The molecule has 7 nitrogen and oxygen atoms in total. The van der Waals surface area contributed by atoms with Crippen molar-refractivity contribution in [2.45, 2.75) is 45.1 Å². The lowest BCUT2D eigenvalue weighted by Gasteiger charge is -2.22.